The standard InChI is InChI=1S/C14H17ClN4/c1-8-5-6-11(15)12(7-8)19-14-9(2)13(16-4)17-10(3)18-14/h5-7H,1-4H3,(H2,16,17,18,19). The largest absolute Gasteiger partial charge is 0.373 e. The van der Waals surface area contributed by atoms with Crippen molar-refractivity contribution in [3.05, 3.63) is 40.2 Å². The fraction of sp³-hybridized carbons (Fsp3) is 0.286. The van der Waals surface area contributed by atoms with Crippen molar-refractivity contribution in [2.24, 2.45) is 0 Å². The summed E-state index contributed by atoms with van der Waals surface area (Å²) >= 11 is 6.19. The van der Waals surface area contributed by atoms with Gasteiger partial charge in [0.1, 0.15) is 17.5 Å². The summed E-state index contributed by atoms with van der Waals surface area (Å²) in [6.45, 7) is 5.86. The van der Waals surface area contributed by atoms with Gasteiger partial charge in [0.25, 0.3) is 0 Å². The van der Waals surface area contributed by atoms with Gasteiger partial charge in [0.15, 0.2) is 0 Å². The van der Waals surface area contributed by atoms with Crippen LogP contribution in [-0.2, 0) is 0 Å². The summed E-state index contributed by atoms with van der Waals surface area (Å²) < 4.78 is 0. The molecule has 1 aromatic heterocycles. The number of aryl methyl sites for hydroxylation is 2. The molecule has 2 rings (SSSR count). The highest BCUT2D eigenvalue weighted by molar-refractivity contribution is 6.33. The van der Waals surface area contributed by atoms with Crippen molar-refractivity contribution < 1.29 is 0 Å². The number of nitrogens with one attached hydrogen (secondary N) is 2. The molecular formula is C14H17ClN4. The van der Waals surface area contributed by atoms with E-state index in [1.807, 2.05) is 46.0 Å². The van der Waals surface area contributed by atoms with Crippen molar-refractivity contribution in [1.29, 1.82) is 0 Å². The van der Waals surface area contributed by atoms with E-state index in [1.54, 1.807) is 0 Å². The zero-order chi connectivity index (χ0) is 14.0. The highest BCUT2D eigenvalue weighted by Gasteiger charge is 2.10. The number of hydrogen-bond donors (Lipinski definition) is 2. The third-order valence-corrected chi connectivity index (χ3v) is 3.20. The molecule has 1 heterocycles. The second-order valence-corrected chi connectivity index (χ2v) is 4.86. The van der Waals surface area contributed by atoms with Crippen molar-refractivity contribution in [3.63, 3.8) is 0 Å². The summed E-state index contributed by atoms with van der Waals surface area (Å²) in [7, 11) is 1.85. The van der Waals surface area contributed by atoms with Gasteiger partial charge in [0.2, 0.25) is 0 Å². The molecule has 0 aliphatic carbocycles. The van der Waals surface area contributed by atoms with Crippen LogP contribution < -0.4 is 10.6 Å². The molecule has 5 heteroatoms. The van der Waals surface area contributed by atoms with Gasteiger partial charge in [-0.3, -0.25) is 0 Å². The summed E-state index contributed by atoms with van der Waals surface area (Å²) in [5, 5.41) is 7.01. The van der Waals surface area contributed by atoms with Crippen LogP contribution >= 0.6 is 11.6 Å². The highest BCUT2D eigenvalue weighted by atomic mass is 35.5. The fourth-order valence-electron chi connectivity index (χ4n) is 1.86. The summed E-state index contributed by atoms with van der Waals surface area (Å²) in [6, 6.07) is 5.85. The molecule has 0 aliphatic rings. The monoisotopic (exact) mass is 276 g/mol. The van der Waals surface area contributed by atoms with Gasteiger partial charge in [0, 0.05) is 12.6 Å². The van der Waals surface area contributed by atoms with Crippen LogP contribution in [0.1, 0.15) is 17.0 Å². The normalized spacial score (nSPS) is 10.4. The summed E-state index contributed by atoms with van der Waals surface area (Å²) in [6.07, 6.45) is 0. The van der Waals surface area contributed by atoms with Crippen LogP contribution in [0.25, 0.3) is 0 Å². The van der Waals surface area contributed by atoms with Crippen molar-refractivity contribution in [3.8, 4) is 0 Å². The molecule has 0 atom stereocenters. The zero-order valence-electron chi connectivity index (χ0n) is 11.5. The van der Waals surface area contributed by atoms with Crippen LogP contribution in [0, 0.1) is 20.8 Å². The number of hydrogen-bond acceptors (Lipinski definition) is 4. The first-order valence-electron chi connectivity index (χ1n) is 6.07. The van der Waals surface area contributed by atoms with Gasteiger partial charge in [-0.05, 0) is 38.5 Å². The van der Waals surface area contributed by atoms with Gasteiger partial charge in [0.05, 0.1) is 10.7 Å². The lowest BCUT2D eigenvalue weighted by Crippen LogP contribution is -2.05. The van der Waals surface area contributed by atoms with E-state index in [0.717, 1.165) is 28.5 Å². The molecule has 2 aromatic rings. The average molecular weight is 277 g/mol. The van der Waals surface area contributed by atoms with E-state index >= 15 is 0 Å². The molecule has 0 unspecified atom stereocenters. The minimum absolute atomic E-state index is 0.673. The lowest BCUT2D eigenvalue weighted by atomic mass is 10.2. The van der Waals surface area contributed by atoms with E-state index in [9.17, 15) is 0 Å². The van der Waals surface area contributed by atoms with Gasteiger partial charge < -0.3 is 10.6 Å². The number of rotatable bonds is 3. The molecule has 1 aromatic carbocycles. The van der Waals surface area contributed by atoms with Crippen molar-refractivity contribution in [2.75, 3.05) is 17.7 Å². The molecule has 0 spiro atoms. The predicted octanol–water partition coefficient (Wildman–Crippen LogP) is 3.84. The molecule has 19 heavy (non-hydrogen) atoms. The highest BCUT2D eigenvalue weighted by Crippen LogP contribution is 2.28. The first-order valence-corrected chi connectivity index (χ1v) is 6.45. The third kappa shape index (κ3) is 2.96. The van der Waals surface area contributed by atoms with Crippen molar-refractivity contribution in [2.45, 2.75) is 20.8 Å². The lowest BCUT2D eigenvalue weighted by molar-refractivity contribution is 1.03. The van der Waals surface area contributed by atoms with Crippen molar-refractivity contribution >= 4 is 28.9 Å². The van der Waals surface area contributed by atoms with Crippen LogP contribution in [0.5, 0.6) is 0 Å². The van der Waals surface area contributed by atoms with E-state index in [1.165, 1.54) is 0 Å². The Morgan fingerprint density at radius 1 is 1.05 bits per heavy atom. The molecule has 0 bridgehead atoms. The number of benzene rings is 1. The van der Waals surface area contributed by atoms with Gasteiger partial charge >= 0.3 is 0 Å². The Balaban J connectivity index is 2.43. The van der Waals surface area contributed by atoms with E-state index in [-0.39, 0.29) is 0 Å². The van der Waals surface area contributed by atoms with Crippen LogP contribution in [0.3, 0.4) is 0 Å². The Labute approximate surface area is 118 Å². The molecule has 0 radical (unpaired) electrons. The Kier molecular flexibility index (Phi) is 3.90. The minimum atomic E-state index is 0.673. The van der Waals surface area contributed by atoms with Gasteiger partial charge in [-0.25, -0.2) is 9.97 Å². The van der Waals surface area contributed by atoms with Crippen LogP contribution in [0.4, 0.5) is 17.3 Å². The van der Waals surface area contributed by atoms with Gasteiger partial charge in [-0.2, -0.15) is 0 Å². The maximum atomic E-state index is 6.19. The molecule has 0 saturated heterocycles. The van der Waals surface area contributed by atoms with Crippen LogP contribution in [0.15, 0.2) is 18.2 Å². The van der Waals surface area contributed by atoms with Crippen LogP contribution in [0.2, 0.25) is 5.02 Å². The van der Waals surface area contributed by atoms with E-state index in [0.29, 0.717) is 10.8 Å². The Morgan fingerprint density at radius 2 is 1.74 bits per heavy atom. The maximum absolute atomic E-state index is 6.19. The maximum Gasteiger partial charge on any atom is 0.139 e. The third-order valence-electron chi connectivity index (χ3n) is 2.87. The predicted molar refractivity (Wildman–Crippen MR) is 80.5 cm³/mol. The lowest BCUT2D eigenvalue weighted by Gasteiger charge is -2.14. The summed E-state index contributed by atoms with van der Waals surface area (Å²) in [5.74, 6) is 2.30. The van der Waals surface area contributed by atoms with Gasteiger partial charge in [-0.1, -0.05) is 17.7 Å². The quantitative estimate of drug-likeness (QED) is 0.894. The number of aromatic nitrogens is 2. The fourth-order valence-corrected chi connectivity index (χ4v) is 2.02. The van der Waals surface area contributed by atoms with Gasteiger partial charge in [-0.15, -0.1) is 0 Å². The first kappa shape index (κ1) is 13.6. The minimum Gasteiger partial charge on any atom is -0.373 e. The topological polar surface area (TPSA) is 49.8 Å². The molecule has 100 valence electrons. The Hall–Kier alpha value is -1.81. The molecule has 0 saturated carbocycles. The average Bonchev–Trinajstić information content (AvgIpc) is 2.37. The molecule has 0 amide bonds. The Morgan fingerprint density at radius 3 is 2.42 bits per heavy atom. The Bertz CT molecular complexity index is 611. The van der Waals surface area contributed by atoms with E-state index in [2.05, 4.69) is 20.6 Å². The summed E-state index contributed by atoms with van der Waals surface area (Å²) in [5.41, 5.74) is 2.96. The second-order valence-electron chi connectivity index (χ2n) is 4.45. The number of anilines is 3. The number of halogens is 1. The van der Waals surface area contributed by atoms with E-state index < -0.39 is 0 Å². The molecule has 0 aliphatic heterocycles. The summed E-state index contributed by atoms with van der Waals surface area (Å²) in [4.78, 5) is 8.76. The zero-order valence-corrected chi connectivity index (χ0v) is 12.3. The molecule has 2 N–H and O–H groups in total. The van der Waals surface area contributed by atoms with Crippen LogP contribution in [-0.4, -0.2) is 17.0 Å². The number of nitrogens with zero attached hydrogens (tertiary/aromatic N) is 2. The SMILES string of the molecule is CNc1nc(C)nc(Nc2cc(C)ccc2Cl)c1C. The van der Waals surface area contributed by atoms with E-state index in [4.69, 9.17) is 11.6 Å². The second kappa shape index (κ2) is 5.45. The molecular weight excluding hydrogens is 260 g/mol. The molecule has 0 fully saturated rings. The smallest absolute Gasteiger partial charge is 0.139 e. The first-order chi connectivity index (χ1) is 9.01. The molecule has 4 nitrogen and oxygen atoms in total. The van der Waals surface area contributed by atoms with Crippen molar-refractivity contribution in [1.82, 2.24) is 9.97 Å².